The Morgan fingerprint density at radius 3 is 2.37 bits per heavy atom. The molecule has 2 aliphatic heterocycles. The number of alkyl carbamates (subject to hydrolysis) is 1. The quantitative estimate of drug-likeness (QED) is 0.787. The van der Waals surface area contributed by atoms with Gasteiger partial charge in [-0.2, -0.15) is 0 Å². The lowest BCUT2D eigenvalue weighted by Gasteiger charge is -2.31. The lowest BCUT2D eigenvalue weighted by molar-refractivity contribution is -0.135. The maximum Gasteiger partial charge on any atom is 0.408 e. The molecule has 30 heavy (non-hydrogen) atoms. The van der Waals surface area contributed by atoms with Gasteiger partial charge in [-0.3, -0.25) is 4.79 Å². The minimum atomic E-state index is -0.761. The molecule has 0 aromatic heterocycles. The van der Waals surface area contributed by atoms with Gasteiger partial charge in [-0.1, -0.05) is 60.7 Å². The lowest BCUT2D eigenvalue weighted by atomic mass is 9.87. The van der Waals surface area contributed by atoms with Crippen LogP contribution in [0.1, 0.15) is 37.8 Å². The summed E-state index contributed by atoms with van der Waals surface area (Å²) in [5.74, 6) is -0.383. The second kappa shape index (κ2) is 8.11. The van der Waals surface area contributed by atoms with E-state index in [1.165, 1.54) is 0 Å². The number of hydrogen-bond acceptors (Lipinski definition) is 4. The highest BCUT2D eigenvalue weighted by Crippen LogP contribution is 2.42. The number of nitrogens with one attached hydrogen (secondary N) is 1. The SMILES string of the molecule is CC(C)(C)OC(=O)N[C@H]1C(=O)N(Cc2ccccc2)C[C@H]2O[C@H]2[C@@H]1c1ccccc1. The van der Waals surface area contributed by atoms with E-state index < -0.39 is 17.7 Å². The number of amides is 2. The average molecular weight is 408 g/mol. The van der Waals surface area contributed by atoms with Crippen molar-refractivity contribution in [3.05, 3.63) is 71.8 Å². The molecule has 0 saturated carbocycles. The Balaban J connectivity index is 1.63. The fourth-order valence-corrected chi connectivity index (χ4v) is 4.06. The van der Waals surface area contributed by atoms with E-state index >= 15 is 0 Å². The summed E-state index contributed by atoms with van der Waals surface area (Å²) in [5, 5.41) is 2.85. The van der Waals surface area contributed by atoms with Gasteiger partial charge in [0, 0.05) is 19.0 Å². The largest absolute Gasteiger partial charge is 0.444 e. The van der Waals surface area contributed by atoms with Crippen molar-refractivity contribution < 1.29 is 19.1 Å². The van der Waals surface area contributed by atoms with E-state index in [9.17, 15) is 9.59 Å². The van der Waals surface area contributed by atoms with E-state index in [4.69, 9.17) is 9.47 Å². The Bertz CT molecular complexity index is 894. The molecule has 2 aliphatic rings. The Morgan fingerprint density at radius 2 is 1.73 bits per heavy atom. The van der Waals surface area contributed by atoms with Gasteiger partial charge >= 0.3 is 6.09 Å². The van der Waals surface area contributed by atoms with Gasteiger partial charge in [0.2, 0.25) is 5.91 Å². The Kier molecular flexibility index (Phi) is 5.52. The molecular formula is C24H28N2O4. The molecule has 4 atom stereocenters. The summed E-state index contributed by atoms with van der Waals surface area (Å²) >= 11 is 0. The summed E-state index contributed by atoms with van der Waals surface area (Å²) in [5.41, 5.74) is 1.36. The highest BCUT2D eigenvalue weighted by molar-refractivity contribution is 5.87. The van der Waals surface area contributed by atoms with Crippen LogP contribution >= 0.6 is 0 Å². The molecule has 2 amide bonds. The second-order valence-electron chi connectivity index (χ2n) is 8.90. The molecule has 0 bridgehead atoms. The van der Waals surface area contributed by atoms with E-state index in [2.05, 4.69) is 5.32 Å². The number of fused-ring (bicyclic) bond motifs is 1. The van der Waals surface area contributed by atoms with Gasteiger partial charge in [-0.05, 0) is 31.9 Å². The van der Waals surface area contributed by atoms with Crippen LogP contribution in [0.5, 0.6) is 0 Å². The van der Waals surface area contributed by atoms with Gasteiger partial charge in [0.25, 0.3) is 0 Å². The van der Waals surface area contributed by atoms with Crippen LogP contribution in [0.15, 0.2) is 60.7 Å². The van der Waals surface area contributed by atoms with E-state index in [0.717, 1.165) is 11.1 Å². The minimum absolute atomic E-state index is 0.0340. The normalized spacial score (nSPS) is 25.8. The molecule has 2 aromatic carbocycles. The molecule has 2 saturated heterocycles. The molecule has 158 valence electrons. The number of nitrogens with zero attached hydrogens (tertiary/aromatic N) is 1. The molecular weight excluding hydrogens is 380 g/mol. The lowest BCUT2D eigenvalue weighted by Crippen LogP contribution is -2.52. The summed E-state index contributed by atoms with van der Waals surface area (Å²) in [7, 11) is 0. The van der Waals surface area contributed by atoms with Crippen LogP contribution in [-0.4, -0.2) is 47.3 Å². The predicted molar refractivity (Wildman–Crippen MR) is 113 cm³/mol. The number of ether oxygens (including phenoxy) is 2. The molecule has 1 N–H and O–H groups in total. The molecule has 2 aromatic rings. The number of carbonyl (C=O) groups excluding carboxylic acids is 2. The fraction of sp³-hybridized carbons (Fsp3) is 0.417. The maximum atomic E-state index is 13.6. The minimum Gasteiger partial charge on any atom is -0.444 e. The fourth-order valence-electron chi connectivity index (χ4n) is 4.06. The Hall–Kier alpha value is -2.86. The van der Waals surface area contributed by atoms with Crippen molar-refractivity contribution >= 4 is 12.0 Å². The standard InChI is InChI=1S/C24H28N2O4/c1-24(2,3)30-23(28)25-20-19(17-12-8-5-9-13-17)21-18(29-21)15-26(22(20)27)14-16-10-6-4-7-11-16/h4-13,18-21H,14-15H2,1-3H3,(H,25,28)/t18-,19-,20-,21-/m1/s1. The number of likely N-dealkylation sites (tertiary alicyclic amines) is 1. The van der Waals surface area contributed by atoms with Crippen LogP contribution in [-0.2, 0) is 20.8 Å². The number of rotatable bonds is 4. The zero-order valence-corrected chi connectivity index (χ0v) is 17.6. The monoisotopic (exact) mass is 408 g/mol. The molecule has 6 nitrogen and oxygen atoms in total. The van der Waals surface area contributed by atoms with Crippen LogP contribution in [0.25, 0.3) is 0 Å². The molecule has 0 unspecified atom stereocenters. The number of benzene rings is 2. The first-order valence-electron chi connectivity index (χ1n) is 10.3. The van der Waals surface area contributed by atoms with Crippen molar-refractivity contribution in [3.8, 4) is 0 Å². The Morgan fingerprint density at radius 1 is 1.10 bits per heavy atom. The molecule has 2 heterocycles. The van der Waals surface area contributed by atoms with Gasteiger partial charge in [0.05, 0.1) is 6.10 Å². The summed E-state index contributed by atoms with van der Waals surface area (Å²) in [6.07, 6.45) is -0.745. The molecule has 0 radical (unpaired) electrons. The van der Waals surface area contributed by atoms with Crippen LogP contribution < -0.4 is 5.32 Å². The Labute approximate surface area is 177 Å². The second-order valence-corrected chi connectivity index (χ2v) is 8.90. The van der Waals surface area contributed by atoms with Crippen molar-refractivity contribution in [2.75, 3.05) is 6.54 Å². The number of epoxide rings is 1. The smallest absolute Gasteiger partial charge is 0.408 e. The van der Waals surface area contributed by atoms with Gasteiger partial charge in [-0.25, -0.2) is 4.79 Å². The predicted octanol–water partition coefficient (Wildman–Crippen LogP) is 3.47. The van der Waals surface area contributed by atoms with Gasteiger partial charge in [-0.15, -0.1) is 0 Å². The van der Waals surface area contributed by atoms with Crippen LogP contribution in [0.4, 0.5) is 4.79 Å². The average Bonchev–Trinajstić information content (AvgIpc) is 3.46. The summed E-state index contributed by atoms with van der Waals surface area (Å²) in [6.45, 7) is 6.39. The van der Waals surface area contributed by atoms with Crippen LogP contribution in [0.3, 0.4) is 0 Å². The summed E-state index contributed by atoms with van der Waals surface area (Å²) in [4.78, 5) is 28.0. The van der Waals surface area contributed by atoms with Crippen molar-refractivity contribution in [2.24, 2.45) is 0 Å². The third kappa shape index (κ3) is 4.65. The molecule has 6 heteroatoms. The topological polar surface area (TPSA) is 71.2 Å². The van der Waals surface area contributed by atoms with Gasteiger partial charge in [0.1, 0.15) is 17.7 Å². The molecule has 0 spiro atoms. The zero-order chi connectivity index (χ0) is 21.3. The first-order valence-corrected chi connectivity index (χ1v) is 10.3. The van der Waals surface area contributed by atoms with Crippen LogP contribution in [0.2, 0.25) is 0 Å². The molecule has 4 rings (SSSR count). The van der Waals surface area contributed by atoms with E-state index in [0.29, 0.717) is 13.1 Å². The third-order valence-electron chi connectivity index (χ3n) is 5.39. The van der Waals surface area contributed by atoms with Gasteiger partial charge in [0.15, 0.2) is 0 Å². The van der Waals surface area contributed by atoms with E-state index in [1.807, 2.05) is 60.7 Å². The van der Waals surface area contributed by atoms with Crippen molar-refractivity contribution in [3.63, 3.8) is 0 Å². The first kappa shape index (κ1) is 20.4. The van der Waals surface area contributed by atoms with Crippen LogP contribution in [0, 0.1) is 0 Å². The van der Waals surface area contributed by atoms with Crippen molar-refractivity contribution in [1.82, 2.24) is 10.2 Å². The maximum absolute atomic E-state index is 13.6. The number of hydrogen-bond donors (Lipinski definition) is 1. The van der Waals surface area contributed by atoms with Gasteiger partial charge < -0.3 is 19.7 Å². The highest BCUT2D eigenvalue weighted by Gasteiger charge is 2.55. The van der Waals surface area contributed by atoms with Crippen molar-refractivity contribution in [1.29, 1.82) is 0 Å². The summed E-state index contributed by atoms with van der Waals surface area (Å²) in [6, 6.07) is 18.9. The molecule has 0 aliphatic carbocycles. The third-order valence-corrected chi connectivity index (χ3v) is 5.39. The number of carbonyl (C=O) groups is 2. The van der Waals surface area contributed by atoms with Crippen molar-refractivity contribution in [2.45, 2.75) is 57.1 Å². The first-order chi connectivity index (χ1) is 14.3. The zero-order valence-electron chi connectivity index (χ0n) is 17.6. The van der Waals surface area contributed by atoms with E-state index in [-0.39, 0.29) is 24.0 Å². The highest BCUT2D eigenvalue weighted by atomic mass is 16.6. The van der Waals surface area contributed by atoms with E-state index in [1.54, 1.807) is 25.7 Å². The summed E-state index contributed by atoms with van der Waals surface area (Å²) < 4.78 is 11.4. The molecule has 2 fully saturated rings.